The third-order valence-corrected chi connectivity index (χ3v) is 8.22. The molecule has 2 aliphatic rings. The van der Waals surface area contributed by atoms with Crippen LogP contribution in [0.1, 0.15) is 67.7 Å². The van der Waals surface area contributed by atoms with Gasteiger partial charge in [0.05, 0.1) is 41.2 Å². The zero-order chi connectivity index (χ0) is 23.0. The maximum Gasteiger partial charge on any atom is 0.338 e. The number of benzene rings is 1. The Bertz CT molecular complexity index is 978. The Morgan fingerprint density at radius 3 is 2.03 bits per heavy atom. The van der Waals surface area contributed by atoms with Gasteiger partial charge in [0.2, 0.25) is 10.0 Å². The quantitative estimate of drug-likeness (QED) is 0.604. The fourth-order valence-electron chi connectivity index (χ4n) is 5.00. The summed E-state index contributed by atoms with van der Waals surface area (Å²) >= 11 is 0. The fraction of sp³-hybridized carbons (Fsp3) is 0.591. The molecule has 0 spiro atoms. The van der Waals surface area contributed by atoms with Gasteiger partial charge >= 0.3 is 11.9 Å². The molecule has 9 heteroatoms. The summed E-state index contributed by atoms with van der Waals surface area (Å²) in [5, 5.41) is 0. The van der Waals surface area contributed by atoms with Crippen LogP contribution in [0.4, 0.5) is 5.69 Å². The Labute approximate surface area is 182 Å². The second-order valence-electron chi connectivity index (χ2n) is 8.77. The molecule has 0 unspecified atom stereocenters. The summed E-state index contributed by atoms with van der Waals surface area (Å²) in [6.07, 6.45) is 1.79. The van der Waals surface area contributed by atoms with Gasteiger partial charge in [0.15, 0.2) is 0 Å². The lowest BCUT2D eigenvalue weighted by atomic mass is 9.70. The van der Waals surface area contributed by atoms with Gasteiger partial charge in [-0.3, -0.25) is 9.52 Å². The molecule has 0 aromatic heterocycles. The van der Waals surface area contributed by atoms with E-state index in [1.165, 1.54) is 18.2 Å². The van der Waals surface area contributed by atoms with Crippen molar-refractivity contribution in [3.05, 3.63) is 29.3 Å². The van der Waals surface area contributed by atoms with E-state index in [9.17, 15) is 22.8 Å². The SMILES string of the molecule is CCOC(=O)c1cc(NS(=O)(=O)C[C@@]23CC[C@@H](CC2=O)C3(C)C)cc(C(=O)OCC)c1. The molecule has 31 heavy (non-hydrogen) atoms. The van der Waals surface area contributed by atoms with Crippen LogP contribution in [-0.2, 0) is 24.3 Å². The monoisotopic (exact) mass is 451 g/mol. The van der Waals surface area contributed by atoms with Gasteiger partial charge in [-0.2, -0.15) is 0 Å². The van der Waals surface area contributed by atoms with Crippen molar-refractivity contribution in [2.24, 2.45) is 16.7 Å². The summed E-state index contributed by atoms with van der Waals surface area (Å²) < 4.78 is 38.6. The maximum absolute atomic E-state index is 13.1. The van der Waals surface area contributed by atoms with E-state index in [4.69, 9.17) is 9.47 Å². The predicted octanol–water partition coefficient (Wildman–Crippen LogP) is 3.18. The molecule has 1 aromatic carbocycles. The van der Waals surface area contributed by atoms with Gasteiger partial charge in [0.1, 0.15) is 5.78 Å². The van der Waals surface area contributed by atoms with Crippen molar-refractivity contribution >= 4 is 33.4 Å². The lowest BCUT2D eigenvalue weighted by molar-refractivity contribution is -0.128. The second-order valence-corrected chi connectivity index (χ2v) is 10.5. The molecule has 2 fully saturated rings. The second kappa shape index (κ2) is 8.26. The highest BCUT2D eigenvalue weighted by atomic mass is 32.2. The van der Waals surface area contributed by atoms with Crippen molar-refractivity contribution < 1.29 is 32.3 Å². The highest BCUT2D eigenvalue weighted by molar-refractivity contribution is 7.92. The molecule has 2 atom stereocenters. The highest BCUT2D eigenvalue weighted by Gasteiger charge is 2.65. The number of nitrogens with one attached hydrogen (secondary N) is 1. The van der Waals surface area contributed by atoms with Crippen LogP contribution in [0.3, 0.4) is 0 Å². The van der Waals surface area contributed by atoms with Gasteiger partial charge < -0.3 is 9.47 Å². The summed E-state index contributed by atoms with van der Waals surface area (Å²) in [4.78, 5) is 37.1. The van der Waals surface area contributed by atoms with Crippen LogP contribution in [0.5, 0.6) is 0 Å². The number of hydrogen-bond acceptors (Lipinski definition) is 7. The minimum atomic E-state index is -3.95. The standard InChI is InChI=1S/C22H29NO7S/c1-5-29-19(25)14-9-15(20(26)30-6-2)11-17(10-14)23-31(27,28)13-22-8-7-16(12-18(22)24)21(22,3)4/h9-11,16,23H,5-8,12-13H2,1-4H3/t16-,22-/m0/s1. The van der Waals surface area contributed by atoms with E-state index in [0.29, 0.717) is 12.8 Å². The van der Waals surface area contributed by atoms with E-state index in [-0.39, 0.29) is 47.5 Å². The third-order valence-electron chi connectivity index (χ3n) is 6.80. The van der Waals surface area contributed by atoms with Crippen LogP contribution in [0.2, 0.25) is 0 Å². The molecular formula is C22H29NO7S. The number of fused-ring (bicyclic) bond motifs is 2. The minimum Gasteiger partial charge on any atom is -0.462 e. The molecule has 0 radical (unpaired) electrons. The van der Waals surface area contributed by atoms with E-state index in [0.717, 1.165) is 6.42 Å². The molecule has 2 saturated carbocycles. The van der Waals surface area contributed by atoms with Gasteiger partial charge in [-0.25, -0.2) is 18.0 Å². The molecular weight excluding hydrogens is 422 g/mol. The molecule has 0 amide bonds. The summed E-state index contributed by atoms with van der Waals surface area (Å²) in [7, 11) is -3.95. The number of ether oxygens (including phenoxy) is 2. The van der Waals surface area contributed by atoms with Crippen LogP contribution in [-0.4, -0.2) is 45.1 Å². The normalized spacial score (nSPS) is 24.1. The van der Waals surface area contributed by atoms with E-state index in [1.54, 1.807) is 13.8 Å². The van der Waals surface area contributed by atoms with Gasteiger partial charge in [0.25, 0.3) is 0 Å². The van der Waals surface area contributed by atoms with Crippen molar-refractivity contribution in [3.63, 3.8) is 0 Å². The molecule has 170 valence electrons. The van der Waals surface area contributed by atoms with E-state index >= 15 is 0 Å². The Kier molecular flexibility index (Phi) is 6.19. The van der Waals surface area contributed by atoms with Crippen molar-refractivity contribution in [3.8, 4) is 0 Å². The number of Topliss-reactive ketones (excluding diaryl/α,β-unsaturated/α-hetero) is 1. The molecule has 0 aliphatic heterocycles. The minimum absolute atomic E-state index is 0.00777. The lowest BCUT2D eigenvalue weighted by Gasteiger charge is -2.36. The first kappa shape index (κ1) is 23.2. The molecule has 8 nitrogen and oxygen atoms in total. The van der Waals surface area contributed by atoms with Gasteiger partial charge in [0, 0.05) is 6.42 Å². The van der Waals surface area contributed by atoms with Crippen molar-refractivity contribution in [2.45, 2.75) is 47.0 Å². The number of esters is 2. The third kappa shape index (κ3) is 4.20. The smallest absolute Gasteiger partial charge is 0.338 e. The number of rotatable bonds is 8. The summed E-state index contributed by atoms with van der Waals surface area (Å²) in [5.41, 5.74) is -1.22. The highest BCUT2D eigenvalue weighted by Crippen LogP contribution is 2.64. The van der Waals surface area contributed by atoms with Gasteiger partial charge in [-0.1, -0.05) is 13.8 Å². The Hall–Kier alpha value is -2.42. The first-order chi connectivity index (χ1) is 14.5. The van der Waals surface area contributed by atoms with Crippen LogP contribution < -0.4 is 4.72 Å². The molecule has 0 heterocycles. The number of carbonyl (C=O) groups excluding carboxylic acids is 3. The summed E-state index contributed by atoms with van der Waals surface area (Å²) in [6.45, 7) is 7.47. The van der Waals surface area contributed by atoms with Crippen molar-refractivity contribution in [1.29, 1.82) is 0 Å². The zero-order valence-electron chi connectivity index (χ0n) is 18.3. The van der Waals surface area contributed by atoms with Gasteiger partial charge in [-0.15, -0.1) is 0 Å². The lowest BCUT2D eigenvalue weighted by Crippen LogP contribution is -2.43. The van der Waals surface area contributed by atoms with Crippen LogP contribution in [0, 0.1) is 16.7 Å². The zero-order valence-corrected chi connectivity index (χ0v) is 19.1. The van der Waals surface area contributed by atoms with Crippen LogP contribution in [0.25, 0.3) is 0 Å². The first-order valence-electron chi connectivity index (χ1n) is 10.5. The Morgan fingerprint density at radius 1 is 1.06 bits per heavy atom. The van der Waals surface area contributed by atoms with Crippen LogP contribution >= 0.6 is 0 Å². The number of hydrogen-bond donors (Lipinski definition) is 1. The maximum atomic E-state index is 13.1. The van der Waals surface area contributed by atoms with Crippen molar-refractivity contribution in [1.82, 2.24) is 0 Å². The number of anilines is 1. The fourth-order valence-corrected chi connectivity index (χ4v) is 6.87. The number of carbonyl (C=O) groups is 3. The molecule has 0 saturated heterocycles. The molecule has 1 aromatic rings. The first-order valence-corrected chi connectivity index (χ1v) is 12.1. The molecule has 1 N–H and O–H groups in total. The average Bonchev–Trinajstić information content (AvgIpc) is 3.01. The molecule has 2 aliphatic carbocycles. The summed E-state index contributed by atoms with van der Waals surface area (Å²) in [5.74, 6) is -1.51. The Balaban J connectivity index is 1.92. The number of ketones is 1. The number of sulfonamides is 1. The predicted molar refractivity (Wildman–Crippen MR) is 114 cm³/mol. The van der Waals surface area contributed by atoms with E-state index in [2.05, 4.69) is 4.72 Å². The van der Waals surface area contributed by atoms with Gasteiger partial charge in [-0.05, 0) is 56.2 Å². The summed E-state index contributed by atoms with van der Waals surface area (Å²) in [6, 6.07) is 3.93. The Morgan fingerprint density at radius 2 is 1.61 bits per heavy atom. The largest absolute Gasteiger partial charge is 0.462 e. The topological polar surface area (TPSA) is 116 Å². The van der Waals surface area contributed by atoms with E-state index in [1.807, 2.05) is 13.8 Å². The molecule has 2 bridgehead atoms. The van der Waals surface area contributed by atoms with Crippen molar-refractivity contribution in [2.75, 3.05) is 23.7 Å². The molecule has 3 rings (SSSR count). The van der Waals surface area contributed by atoms with E-state index < -0.39 is 32.8 Å². The van der Waals surface area contributed by atoms with Crippen LogP contribution in [0.15, 0.2) is 18.2 Å². The average molecular weight is 452 g/mol.